The van der Waals surface area contributed by atoms with Crippen molar-refractivity contribution in [3.05, 3.63) is 35.9 Å². The lowest BCUT2D eigenvalue weighted by Crippen LogP contribution is -2.04. The van der Waals surface area contributed by atoms with Gasteiger partial charge in [0.1, 0.15) is 6.07 Å². The Hall–Kier alpha value is -2.75. The molecule has 0 fully saturated rings. The van der Waals surface area contributed by atoms with Crippen molar-refractivity contribution in [1.29, 1.82) is 5.26 Å². The standard InChI is InChI=1S/C9H5N5O2/c10-1-6-2-13-14(5-6)9-11-3-7(4-12-9)8(15)16/h2-5H,(H,15,16). The van der Waals surface area contributed by atoms with Gasteiger partial charge in [-0.3, -0.25) is 0 Å². The summed E-state index contributed by atoms with van der Waals surface area (Å²) < 4.78 is 1.30. The maximum absolute atomic E-state index is 10.6. The fraction of sp³-hybridized carbons (Fsp3) is 0. The molecule has 0 spiro atoms. The number of carboxylic acid groups (broad SMARTS) is 1. The molecule has 7 nitrogen and oxygen atoms in total. The smallest absolute Gasteiger partial charge is 0.338 e. The van der Waals surface area contributed by atoms with Crippen LogP contribution in [0.5, 0.6) is 0 Å². The van der Waals surface area contributed by atoms with Gasteiger partial charge < -0.3 is 5.11 Å². The van der Waals surface area contributed by atoms with Gasteiger partial charge in [0.25, 0.3) is 5.95 Å². The molecule has 0 saturated carbocycles. The van der Waals surface area contributed by atoms with E-state index in [1.54, 1.807) is 0 Å². The highest BCUT2D eigenvalue weighted by Crippen LogP contribution is 2.02. The van der Waals surface area contributed by atoms with Gasteiger partial charge in [0.15, 0.2) is 0 Å². The largest absolute Gasteiger partial charge is 0.478 e. The first kappa shape index (κ1) is 9.79. The molecule has 2 heterocycles. The summed E-state index contributed by atoms with van der Waals surface area (Å²) in [6.45, 7) is 0. The van der Waals surface area contributed by atoms with Crippen molar-refractivity contribution in [2.45, 2.75) is 0 Å². The van der Waals surface area contributed by atoms with E-state index in [1.165, 1.54) is 29.5 Å². The molecule has 7 heteroatoms. The van der Waals surface area contributed by atoms with Crippen LogP contribution in [0.1, 0.15) is 15.9 Å². The zero-order chi connectivity index (χ0) is 11.5. The van der Waals surface area contributed by atoms with Crippen LogP contribution in [0.25, 0.3) is 5.95 Å². The monoisotopic (exact) mass is 215 g/mol. The van der Waals surface area contributed by atoms with Gasteiger partial charge >= 0.3 is 5.97 Å². The number of hydrogen-bond acceptors (Lipinski definition) is 5. The molecule has 0 bridgehead atoms. The molecule has 0 aliphatic carbocycles. The Labute approximate surface area is 89.6 Å². The second-order valence-electron chi connectivity index (χ2n) is 2.86. The first-order valence-corrected chi connectivity index (χ1v) is 4.21. The predicted octanol–water partition coefficient (Wildman–Crippen LogP) is 0.232. The van der Waals surface area contributed by atoms with Crippen molar-refractivity contribution >= 4 is 5.97 Å². The quantitative estimate of drug-likeness (QED) is 0.768. The minimum absolute atomic E-state index is 0.00332. The van der Waals surface area contributed by atoms with Crippen LogP contribution in [0, 0.1) is 11.3 Å². The van der Waals surface area contributed by atoms with Crippen molar-refractivity contribution in [3.63, 3.8) is 0 Å². The van der Waals surface area contributed by atoms with E-state index in [0.717, 1.165) is 0 Å². The zero-order valence-corrected chi connectivity index (χ0v) is 7.90. The molecule has 0 aromatic carbocycles. The van der Waals surface area contributed by atoms with Crippen LogP contribution in [0.3, 0.4) is 0 Å². The van der Waals surface area contributed by atoms with E-state index in [1.807, 2.05) is 6.07 Å². The first-order chi connectivity index (χ1) is 7.70. The fourth-order valence-corrected chi connectivity index (χ4v) is 1.04. The Balaban J connectivity index is 2.35. The average molecular weight is 215 g/mol. The van der Waals surface area contributed by atoms with Crippen molar-refractivity contribution in [1.82, 2.24) is 19.7 Å². The molecule has 0 unspecified atom stereocenters. The van der Waals surface area contributed by atoms with E-state index in [0.29, 0.717) is 5.56 Å². The summed E-state index contributed by atoms with van der Waals surface area (Å²) in [7, 11) is 0. The minimum Gasteiger partial charge on any atom is -0.478 e. The minimum atomic E-state index is -1.09. The van der Waals surface area contributed by atoms with Crippen molar-refractivity contribution in [2.75, 3.05) is 0 Å². The van der Waals surface area contributed by atoms with E-state index >= 15 is 0 Å². The second-order valence-corrected chi connectivity index (χ2v) is 2.86. The molecule has 0 aliphatic heterocycles. The third kappa shape index (κ3) is 1.72. The number of nitriles is 1. The first-order valence-electron chi connectivity index (χ1n) is 4.21. The van der Waals surface area contributed by atoms with Crippen molar-refractivity contribution < 1.29 is 9.90 Å². The maximum Gasteiger partial charge on any atom is 0.338 e. The molecule has 2 aromatic rings. The highest BCUT2D eigenvalue weighted by molar-refractivity contribution is 5.86. The van der Waals surface area contributed by atoms with Crippen LogP contribution < -0.4 is 0 Å². The molecule has 16 heavy (non-hydrogen) atoms. The molecule has 0 amide bonds. The Bertz CT molecular complexity index is 566. The Kier molecular flexibility index (Phi) is 2.31. The van der Waals surface area contributed by atoms with Gasteiger partial charge in [-0.25, -0.2) is 19.4 Å². The molecular formula is C9H5N5O2. The van der Waals surface area contributed by atoms with Crippen LogP contribution in [-0.2, 0) is 0 Å². The van der Waals surface area contributed by atoms with Crippen LogP contribution >= 0.6 is 0 Å². The molecule has 0 saturated heterocycles. The van der Waals surface area contributed by atoms with Gasteiger partial charge in [-0.05, 0) is 0 Å². The summed E-state index contributed by atoms with van der Waals surface area (Å²) in [5, 5.41) is 21.1. The third-order valence-electron chi connectivity index (χ3n) is 1.80. The molecular weight excluding hydrogens is 210 g/mol. The fourth-order valence-electron chi connectivity index (χ4n) is 1.04. The molecule has 0 aliphatic rings. The Morgan fingerprint density at radius 3 is 2.56 bits per heavy atom. The van der Waals surface area contributed by atoms with E-state index in [9.17, 15) is 4.79 Å². The van der Waals surface area contributed by atoms with Gasteiger partial charge in [0.2, 0.25) is 0 Å². The third-order valence-corrected chi connectivity index (χ3v) is 1.80. The Morgan fingerprint density at radius 2 is 2.06 bits per heavy atom. The van der Waals surface area contributed by atoms with E-state index in [4.69, 9.17) is 10.4 Å². The number of carboxylic acids is 1. The molecule has 0 radical (unpaired) electrons. The lowest BCUT2D eigenvalue weighted by Gasteiger charge is -1.98. The van der Waals surface area contributed by atoms with E-state index < -0.39 is 5.97 Å². The summed E-state index contributed by atoms with van der Waals surface area (Å²) in [5.74, 6) is -0.878. The summed E-state index contributed by atoms with van der Waals surface area (Å²) in [4.78, 5) is 18.2. The number of nitrogens with zero attached hydrogens (tertiary/aromatic N) is 5. The van der Waals surface area contributed by atoms with E-state index in [-0.39, 0.29) is 11.5 Å². The van der Waals surface area contributed by atoms with Gasteiger partial charge in [0, 0.05) is 12.4 Å². The Morgan fingerprint density at radius 1 is 1.38 bits per heavy atom. The van der Waals surface area contributed by atoms with Gasteiger partial charge in [-0.1, -0.05) is 0 Å². The normalized spacial score (nSPS) is 9.69. The van der Waals surface area contributed by atoms with E-state index in [2.05, 4.69) is 15.1 Å². The van der Waals surface area contributed by atoms with Crippen LogP contribution in [0.15, 0.2) is 24.8 Å². The summed E-state index contributed by atoms with van der Waals surface area (Å²) in [6, 6.07) is 1.91. The van der Waals surface area contributed by atoms with Crippen LogP contribution in [0.4, 0.5) is 0 Å². The van der Waals surface area contributed by atoms with Crippen molar-refractivity contribution in [3.8, 4) is 12.0 Å². The molecule has 0 atom stereocenters. The van der Waals surface area contributed by atoms with Crippen LogP contribution in [-0.4, -0.2) is 30.8 Å². The van der Waals surface area contributed by atoms with Crippen LogP contribution in [0.2, 0.25) is 0 Å². The molecule has 2 rings (SSSR count). The SMILES string of the molecule is N#Cc1cnn(-c2ncc(C(=O)O)cn2)c1. The van der Waals surface area contributed by atoms with Gasteiger partial charge in [-0.2, -0.15) is 10.4 Å². The lowest BCUT2D eigenvalue weighted by molar-refractivity contribution is 0.0696. The van der Waals surface area contributed by atoms with Gasteiger partial charge in [0.05, 0.1) is 23.5 Å². The maximum atomic E-state index is 10.6. The molecule has 1 N–H and O–H groups in total. The van der Waals surface area contributed by atoms with Crippen molar-refractivity contribution in [2.24, 2.45) is 0 Å². The predicted molar refractivity (Wildman–Crippen MR) is 50.8 cm³/mol. The highest BCUT2D eigenvalue weighted by atomic mass is 16.4. The number of aromatic carboxylic acids is 1. The summed E-state index contributed by atoms with van der Waals surface area (Å²) >= 11 is 0. The number of carbonyl (C=O) groups is 1. The van der Waals surface area contributed by atoms with Gasteiger partial charge in [-0.15, -0.1) is 0 Å². The second kappa shape index (κ2) is 3.78. The number of aromatic nitrogens is 4. The summed E-state index contributed by atoms with van der Waals surface area (Å²) in [5.41, 5.74) is 0.377. The molecule has 2 aromatic heterocycles. The number of hydrogen-bond donors (Lipinski definition) is 1. The lowest BCUT2D eigenvalue weighted by atomic mass is 10.3. The highest BCUT2D eigenvalue weighted by Gasteiger charge is 2.06. The zero-order valence-electron chi connectivity index (χ0n) is 7.90. The molecule has 78 valence electrons. The summed E-state index contributed by atoms with van der Waals surface area (Å²) in [6.07, 6.45) is 5.18. The average Bonchev–Trinajstić information content (AvgIpc) is 2.77. The topological polar surface area (TPSA) is 105 Å². The number of rotatable bonds is 2.